The highest BCUT2D eigenvalue weighted by Crippen LogP contribution is 2.10. The molecule has 1 heterocycles. The predicted molar refractivity (Wildman–Crippen MR) is 74.5 cm³/mol. The third kappa shape index (κ3) is 3.91. The lowest BCUT2D eigenvalue weighted by Crippen LogP contribution is -2.25. The molecule has 0 aliphatic carbocycles. The molecule has 1 N–H and O–H groups in total. The highest BCUT2D eigenvalue weighted by atomic mass is 19.1. The molecule has 1 aromatic heterocycles. The topological polar surface area (TPSA) is 46.9 Å². The van der Waals surface area contributed by atoms with Gasteiger partial charge in [-0.15, -0.1) is 0 Å². The van der Waals surface area contributed by atoms with Crippen LogP contribution in [0, 0.1) is 12.7 Å². The number of carbonyl (C=O) groups is 1. The number of hydrogen-bond donors (Lipinski definition) is 1. The van der Waals surface area contributed by atoms with Gasteiger partial charge in [0.1, 0.15) is 5.82 Å². The van der Waals surface area contributed by atoms with Crippen LogP contribution in [0.4, 0.5) is 4.39 Å². The molecule has 0 radical (unpaired) electrons. The summed E-state index contributed by atoms with van der Waals surface area (Å²) in [5.41, 5.74) is 1.81. The summed E-state index contributed by atoms with van der Waals surface area (Å²) in [7, 11) is 0. The number of amides is 1. The minimum Gasteiger partial charge on any atom is -0.352 e. The molecule has 4 nitrogen and oxygen atoms in total. The van der Waals surface area contributed by atoms with E-state index >= 15 is 0 Å². The Morgan fingerprint density at radius 2 is 2.05 bits per heavy atom. The van der Waals surface area contributed by atoms with Gasteiger partial charge >= 0.3 is 0 Å². The van der Waals surface area contributed by atoms with Crippen molar-refractivity contribution in [3.8, 4) is 0 Å². The van der Waals surface area contributed by atoms with Crippen molar-refractivity contribution in [1.82, 2.24) is 15.1 Å². The molecule has 0 aliphatic rings. The molecule has 2 aromatic rings. The third-order valence-electron chi connectivity index (χ3n) is 3.08. The molecular formula is C15H18FN3O. The van der Waals surface area contributed by atoms with Crippen LogP contribution in [-0.4, -0.2) is 15.7 Å². The summed E-state index contributed by atoms with van der Waals surface area (Å²) >= 11 is 0. The van der Waals surface area contributed by atoms with Crippen molar-refractivity contribution >= 4 is 5.91 Å². The Morgan fingerprint density at radius 3 is 2.65 bits per heavy atom. The first kappa shape index (κ1) is 14.2. The van der Waals surface area contributed by atoms with Gasteiger partial charge in [0.25, 0.3) is 0 Å². The van der Waals surface area contributed by atoms with Gasteiger partial charge < -0.3 is 5.32 Å². The van der Waals surface area contributed by atoms with E-state index < -0.39 is 0 Å². The molecule has 2 rings (SSSR count). The zero-order chi connectivity index (χ0) is 14.5. The maximum absolute atomic E-state index is 12.8. The first-order valence-corrected chi connectivity index (χ1v) is 6.57. The molecule has 106 valence electrons. The number of aryl methyl sites for hydroxylation is 1. The van der Waals surface area contributed by atoms with Crippen LogP contribution < -0.4 is 5.32 Å². The summed E-state index contributed by atoms with van der Waals surface area (Å²) in [4.78, 5) is 11.8. The van der Waals surface area contributed by atoms with E-state index in [0.717, 1.165) is 11.3 Å². The molecule has 0 saturated carbocycles. The maximum atomic E-state index is 12.8. The Labute approximate surface area is 117 Å². The van der Waals surface area contributed by atoms with E-state index in [1.165, 1.54) is 12.1 Å². The Kier molecular flexibility index (Phi) is 4.50. The lowest BCUT2D eigenvalue weighted by atomic mass is 10.2. The zero-order valence-electron chi connectivity index (χ0n) is 11.6. The standard InChI is InChI=1S/C15H18FN3O/c1-11-7-8-19(18-11)12(2)9-15(20)17-10-13-3-5-14(16)6-4-13/h3-8,12H,9-10H2,1-2H3,(H,17,20)/t12-/m0/s1. The van der Waals surface area contributed by atoms with Gasteiger partial charge in [0.15, 0.2) is 0 Å². The highest BCUT2D eigenvalue weighted by Gasteiger charge is 2.11. The average Bonchev–Trinajstić information content (AvgIpc) is 2.85. The fourth-order valence-electron chi connectivity index (χ4n) is 1.92. The lowest BCUT2D eigenvalue weighted by molar-refractivity contribution is -0.122. The molecule has 0 aliphatic heterocycles. The monoisotopic (exact) mass is 275 g/mol. The minimum absolute atomic E-state index is 0.0110. The van der Waals surface area contributed by atoms with Gasteiger partial charge in [0.05, 0.1) is 11.7 Å². The molecule has 0 spiro atoms. The molecular weight excluding hydrogens is 257 g/mol. The molecule has 20 heavy (non-hydrogen) atoms. The van der Waals surface area contributed by atoms with Crippen molar-refractivity contribution in [2.24, 2.45) is 0 Å². The van der Waals surface area contributed by atoms with E-state index in [2.05, 4.69) is 10.4 Å². The predicted octanol–water partition coefficient (Wildman–Crippen LogP) is 2.60. The van der Waals surface area contributed by atoms with E-state index in [1.54, 1.807) is 16.8 Å². The number of nitrogens with zero attached hydrogens (tertiary/aromatic N) is 2. The molecule has 1 amide bonds. The fraction of sp³-hybridized carbons (Fsp3) is 0.333. The highest BCUT2D eigenvalue weighted by molar-refractivity contribution is 5.76. The summed E-state index contributed by atoms with van der Waals surface area (Å²) in [6, 6.07) is 8.02. The van der Waals surface area contributed by atoms with Gasteiger partial charge in [-0.05, 0) is 37.6 Å². The van der Waals surface area contributed by atoms with Crippen LogP contribution >= 0.6 is 0 Å². The van der Waals surface area contributed by atoms with Crippen LogP contribution in [0.25, 0.3) is 0 Å². The summed E-state index contributed by atoms with van der Waals surface area (Å²) in [6.07, 6.45) is 2.23. The molecule has 0 fully saturated rings. The van der Waals surface area contributed by atoms with Gasteiger partial charge in [-0.1, -0.05) is 12.1 Å². The number of aromatic nitrogens is 2. The van der Waals surface area contributed by atoms with Crippen molar-refractivity contribution in [2.75, 3.05) is 0 Å². The van der Waals surface area contributed by atoms with Gasteiger partial charge in [0.2, 0.25) is 5.91 Å². The van der Waals surface area contributed by atoms with Crippen molar-refractivity contribution in [3.05, 3.63) is 53.6 Å². The largest absolute Gasteiger partial charge is 0.352 e. The van der Waals surface area contributed by atoms with Gasteiger partial charge in [0, 0.05) is 19.2 Å². The smallest absolute Gasteiger partial charge is 0.222 e. The quantitative estimate of drug-likeness (QED) is 0.911. The SMILES string of the molecule is Cc1ccn([C@@H](C)CC(=O)NCc2ccc(F)cc2)n1. The first-order chi connectivity index (χ1) is 9.54. The van der Waals surface area contributed by atoms with Gasteiger partial charge in [-0.3, -0.25) is 9.48 Å². The lowest BCUT2D eigenvalue weighted by Gasteiger charge is -2.12. The molecule has 1 atom stereocenters. The van der Waals surface area contributed by atoms with Crippen molar-refractivity contribution in [1.29, 1.82) is 0 Å². The van der Waals surface area contributed by atoms with E-state index in [1.807, 2.05) is 26.1 Å². The van der Waals surface area contributed by atoms with Crippen LogP contribution in [0.1, 0.15) is 30.6 Å². The number of benzene rings is 1. The van der Waals surface area contributed by atoms with Gasteiger partial charge in [-0.2, -0.15) is 5.10 Å². The Bertz CT molecular complexity index is 577. The number of halogens is 1. The number of rotatable bonds is 5. The summed E-state index contributed by atoms with van der Waals surface area (Å²) in [6.45, 7) is 4.27. The summed E-state index contributed by atoms with van der Waals surface area (Å²) < 4.78 is 14.5. The van der Waals surface area contributed by atoms with E-state index in [0.29, 0.717) is 13.0 Å². The van der Waals surface area contributed by atoms with Crippen molar-refractivity contribution in [3.63, 3.8) is 0 Å². The maximum Gasteiger partial charge on any atom is 0.222 e. The molecule has 5 heteroatoms. The van der Waals surface area contributed by atoms with E-state index in [9.17, 15) is 9.18 Å². The van der Waals surface area contributed by atoms with E-state index in [4.69, 9.17) is 0 Å². The van der Waals surface area contributed by atoms with Crippen LogP contribution in [0.15, 0.2) is 36.5 Å². The number of hydrogen-bond acceptors (Lipinski definition) is 2. The second-order valence-corrected chi connectivity index (χ2v) is 4.89. The molecule has 0 bridgehead atoms. The molecule has 1 aromatic carbocycles. The number of nitrogens with one attached hydrogen (secondary N) is 1. The van der Waals surface area contributed by atoms with Crippen LogP contribution in [0.5, 0.6) is 0 Å². The van der Waals surface area contributed by atoms with Crippen LogP contribution in [0.2, 0.25) is 0 Å². The summed E-state index contributed by atoms with van der Waals surface area (Å²) in [5.74, 6) is -0.322. The first-order valence-electron chi connectivity index (χ1n) is 6.57. The van der Waals surface area contributed by atoms with E-state index in [-0.39, 0.29) is 17.8 Å². The second-order valence-electron chi connectivity index (χ2n) is 4.89. The average molecular weight is 275 g/mol. The molecule has 0 saturated heterocycles. The summed E-state index contributed by atoms with van der Waals surface area (Å²) in [5, 5.41) is 7.11. The van der Waals surface area contributed by atoms with Crippen molar-refractivity contribution in [2.45, 2.75) is 32.9 Å². The normalized spacial score (nSPS) is 12.2. The van der Waals surface area contributed by atoms with Crippen LogP contribution in [0.3, 0.4) is 0 Å². The fourth-order valence-corrected chi connectivity index (χ4v) is 1.92. The third-order valence-corrected chi connectivity index (χ3v) is 3.08. The van der Waals surface area contributed by atoms with Gasteiger partial charge in [-0.25, -0.2) is 4.39 Å². The Hall–Kier alpha value is -2.17. The number of carbonyl (C=O) groups excluding carboxylic acids is 1. The molecule has 0 unspecified atom stereocenters. The van der Waals surface area contributed by atoms with Crippen molar-refractivity contribution < 1.29 is 9.18 Å². The minimum atomic E-state index is -0.275. The Morgan fingerprint density at radius 1 is 1.35 bits per heavy atom. The Balaban J connectivity index is 1.82. The van der Waals surface area contributed by atoms with Crippen LogP contribution in [-0.2, 0) is 11.3 Å². The second kappa shape index (κ2) is 6.32. The zero-order valence-corrected chi connectivity index (χ0v) is 11.6.